The summed E-state index contributed by atoms with van der Waals surface area (Å²) < 4.78 is 10.7. The molecule has 1 aromatic heterocycles. The van der Waals surface area contributed by atoms with E-state index in [0.29, 0.717) is 24.1 Å². The first kappa shape index (κ1) is 14.2. The number of ketones is 1. The lowest BCUT2D eigenvalue weighted by atomic mass is 10.1. The second kappa shape index (κ2) is 6.32. The molecular weight excluding hydrogens is 256 g/mol. The molecule has 0 bridgehead atoms. The number of para-hydroxylation sites is 1. The predicted octanol–water partition coefficient (Wildman–Crippen LogP) is 2.90. The number of ether oxygens (including phenoxy) is 1. The van der Waals surface area contributed by atoms with Crippen LogP contribution in [0.4, 0.5) is 0 Å². The predicted molar refractivity (Wildman–Crippen MR) is 74.5 cm³/mol. The van der Waals surface area contributed by atoms with E-state index in [2.05, 4.69) is 10.1 Å². The molecule has 0 atom stereocenters. The Morgan fingerprint density at radius 2 is 2.10 bits per heavy atom. The molecule has 0 aliphatic carbocycles. The highest BCUT2D eigenvalue weighted by atomic mass is 16.5. The van der Waals surface area contributed by atoms with Crippen LogP contribution in [0.15, 0.2) is 28.8 Å². The maximum Gasteiger partial charge on any atom is 0.234 e. The minimum absolute atomic E-state index is 0.0407. The van der Waals surface area contributed by atoms with E-state index >= 15 is 0 Å². The lowest BCUT2D eigenvalue weighted by Gasteiger charge is -2.06. The van der Waals surface area contributed by atoms with Gasteiger partial charge in [0.05, 0.1) is 18.6 Å². The zero-order chi connectivity index (χ0) is 14.5. The molecule has 0 N–H and O–H groups in total. The van der Waals surface area contributed by atoms with Gasteiger partial charge in [0.2, 0.25) is 11.7 Å². The lowest BCUT2D eigenvalue weighted by Crippen LogP contribution is -2.10. The van der Waals surface area contributed by atoms with Gasteiger partial charge in [0.1, 0.15) is 11.5 Å². The second-order valence-corrected chi connectivity index (χ2v) is 4.74. The van der Waals surface area contributed by atoms with Gasteiger partial charge in [0.25, 0.3) is 0 Å². The average molecular weight is 274 g/mol. The molecular formula is C15H18N2O3. The van der Waals surface area contributed by atoms with Gasteiger partial charge in [0, 0.05) is 5.92 Å². The molecule has 0 aliphatic heterocycles. The number of carbonyl (C=O) groups is 1. The fourth-order valence-electron chi connectivity index (χ4n) is 1.72. The number of benzene rings is 1. The van der Waals surface area contributed by atoms with Crippen molar-refractivity contribution < 1.29 is 14.1 Å². The molecule has 106 valence electrons. The van der Waals surface area contributed by atoms with Gasteiger partial charge in [-0.05, 0) is 19.1 Å². The quantitative estimate of drug-likeness (QED) is 0.810. The van der Waals surface area contributed by atoms with E-state index in [1.54, 1.807) is 0 Å². The summed E-state index contributed by atoms with van der Waals surface area (Å²) in [5.74, 6) is 1.53. The summed E-state index contributed by atoms with van der Waals surface area (Å²) in [6, 6.07) is 7.49. The third-order valence-electron chi connectivity index (χ3n) is 2.87. The largest absolute Gasteiger partial charge is 0.493 e. The number of aromatic nitrogens is 2. The first-order chi connectivity index (χ1) is 9.61. The van der Waals surface area contributed by atoms with Crippen molar-refractivity contribution in [2.45, 2.75) is 27.2 Å². The first-order valence-electron chi connectivity index (χ1n) is 6.69. The zero-order valence-corrected chi connectivity index (χ0v) is 11.9. The van der Waals surface area contributed by atoms with Gasteiger partial charge in [-0.3, -0.25) is 4.79 Å². The molecule has 5 nitrogen and oxygen atoms in total. The Morgan fingerprint density at radius 3 is 2.80 bits per heavy atom. The van der Waals surface area contributed by atoms with E-state index in [1.807, 2.05) is 45.0 Å². The molecule has 5 heteroatoms. The average Bonchev–Trinajstić information content (AvgIpc) is 2.88. The van der Waals surface area contributed by atoms with Crippen LogP contribution in [0.3, 0.4) is 0 Å². The summed E-state index contributed by atoms with van der Waals surface area (Å²) in [4.78, 5) is 15.9. The Hall–Kier alpha value is -2.17. The number of Topliss-reactive ketones (excluding diaryl/α,β-unsaturated/α-hetero) is 1. The van der Waals surface area contributed by atoms with Gasteiger partial charge in [0.15, 0.2) is 0 Å². The van der Waals surface area contributed by atoms with Crippen molar-refractivity contribution in [2.24, 2.45) is 5.92 Å². The molecule has 0 fully saturated rings. The second-order valence-electron chi connectivity index (χ2n) is 4.74. The minimum Gasteiger partial charge on any atom is -0.493 e. The van der Waals surface area contributed by atoms with Gasteiger partial charge in [-0.2, -0.15) is 4.98 Å². The maximum absolute atomic E-state index is 11.7. The lowest BCUT2D eigenvalue weighted by molar-refractivity contribution is -0.121. The fourth-order valence-corrected chi connectivity index (χ4v) is 1.72. The van der Waals surface area contributed by atoms with Crippen LogP contribution >= 0.6 is 0 Å². The van der Waals surface area contributed by atoms with Crippen LogP contribution in [0.2, 0.25) is 0 Å². The minimum atomic E-state index is -0.0407. The Morgan fingerprint density at radius 1 is 1.35 bits per heavy atom. The molecule has 0 radical (unpaired) electrons. The monoisotopic (exact) mass is 274 g/mol. The molecule has 20 heavy (non-hydrogen) atoms. The fraction of sp³-hybridized carbons (Fsp3) is 0.400. The van der Waals surface area contributed by atoms with Crippen molar-refractivity contribution in [3.63, 3.8) is 0 Å². The van der Waals surface area contributed by atoms with Crippen LogP contribution in [-0.2, 0) is 11.2 Å². The molecule has 0 aliphatic rings. The highest BCUT2D eigenvalue weighted by Crippen LogP contribution is 2.27. The van der Waals surface area contributed by atoms with Crippen LogP contribution < -0.4 is 4.74 Å². The maximum atomic E-state index is 11.7. The molecule has 0 spiro atoms. The van der Waals surface area contributed by atoms with Crippen molar-refractivity contribution in [3.8, 4) is 17.1 Å². The Labute approximate surface area is 118 Å². The Bertz CT molecular complexity index is 590. The highest BCUT2D eigenvalue weighted by Gasteiger charge is 2.16. The zero-order valence-electron chi connectivity index (χ0n) is 11.9. The third kappa shape index (κ3) is 3.23. The van der Waals surface area contributed by atoms with E-state index in [4.69, 9.17) is 9.26 Å². The molecule has 1 aromatic carbocycles. The summed E-state index contributed by atoms with van der Waals surface area (Å²) >= 11 is 0. The summed E-state index contributed by atoms with van der Waals surface area (Å²) in [5, 5.41) is 3.92. The van der Waals surface area contributed by atoms with Gasteiger partial charge >= 0.3 is 0 Å². The molecule has 0 saturated heterocycles. The standard InChI is InChI=1S/C15H18N2O3/c1-4-19-13-8-6-5-7-11(13)15-16-14(20-17-15)9-12(18)10(2)3/h5-8,10H,4,9H2,1-3H3. The number of carbonyl (C=O) groups excluding carboxylic acids is 1. The van der Waals surface area contributed by atoms with E-state index in [-0.39, 0.29) is 18.1 Å². The molecule has 0 saturated carbocycles. The van der Waals surface area contributed by atoms with E-state index in [1.165, 1.54) is 0 Å². The van der Waals surface area contributed by atoms with Crippen molar-refractivity contribution in [1.29, 1.82) is 0 Å². The summed E-state index contributed by atoms with van der Waals surface area (Å²) in [7, 11) is 0. The van der Waals surface area contributed by atoms with Gasteiger partial charge in [-0.15, -0.1) is 0 Å². The summed E-state index contributed by atoms with van der Waals surface area (Å²) in [5.41, 5.74) is 0.765. The number of nitrogens with zero attached hydrogens (tertiary/aromatic N) is 2. The van der Waals surface area contributed by atoms with Crippen molar-refractivity contribution in [3.05, 3.63) is 30.2 Å². The van der Waals surface area contributed by atoms with E-state index in [9.17, 15) is 4.79 Å². The topological polar surface area (TPSA) is 65.2 Å². The van der Waals surface area contributed by atoms with Gasteiger partial charge in [-0.25, -0.2) is 0 Å². The van der Waals surface area contributed by atoms with Crippen LogP contribution in [0.5, 0.6) is 5.75 Å². The summed E-state index contributed by atoms with van der Waals surface area (Å²) in [6.45, 7) is 6.18. The number of hydrogen-bond donors (Lipinski definition) is 0. The van der Waals surface area contributed by atoms with Crippen LogP contribution in [0.1, 0.15) is 26.7 Å². The smallest absolute Gasteiger partial charge is 0.234 e. The molecule has 2 aromatic rings. The SMILES string of the molecule is CCOc1ccccc1-c1noc(CC(=O)C(C)C)n1. The number of rotatable bonds is 6. The van der Waals surface area contributed by atoms with Crippen LogP contribution in [0, 0.1) is 5.92 Å². The molecule has 0 amide bonds. The van der Waals surface area contributed by atoms with Crippen molar-refractivity contribution in [2.75, 3.05) is 6.61 Å². The van der Waals surface area contributed by atoms with Crippen LogP contribution in [-0.4, -0.2) is 22.5 Å². The van der Waals surface area contributed by atoms with Gasteiger partial charge in [-0.1, -0.05) is 31.1 Å². The van der Waals surface area contributed by atoms with E-state index < -0.39 is 0 Å². The summed E-state index contributed by atoms with van der Waals surface area (Å²) in [6.07, 6.45) is 0.168. The third-order valence-corrected chi connectivity index (χ3v) is 2.87. The number of hydrogen-bond acceptors (Lipinski definition) is 5. The Balaban J connectivity index is 2.22. The van der Waals surface area contributed by atoms with Crippen molar-refractivity contribution in [1.82, 2.24) is 10.1 Å². The highest BCUT2D eigenvalue weighted by molar-refractivity contribution is 5.81. The molecule has 0 unspecified atom stereocenters. The first-order valence-corrected chi connectivity index (χ1v) is 6.69. The Kier molecular flexibility index (Phi) is 4.50. The normalized spacial score (nSPS) is 10.8. The molecule has 1 heterocycles. The molecule has 2 rings (SSSR count). The van der Waals surface area contributed by atoms with Gasteiger partial charge < -0.3 is 9.26 Å². The van der Waals surface area contributed by atoms with E-state index in [0.717, 1.165) is 5.56 Å². The van der Waals surface area contributed by atoms with Crippen LogP contribution in [0.25, 0.3) is 11.4 Å². The van der Waals surface area contributed by atoms with Crippen molar-refractivity contribution >= 4 is 5.78 Å².